The summed E-state index contributed by atoms with van der Waals surface area (Å²) in [6.07, 6.45) is 2.36. The van der Waals surface area contributed by atoms with E-state index in [0.29, 0.717) is 6.04 Å². The molecule has 0 aromatic heterocycles. The number of hydrogen-bond acceptors (Lipinski definition) is 2. The third-order valence-electron chi connectivity index (χ3n) is 2.72. The number of hydrogen-bond donors (Lipinski definition) is 1. The molecule has 0 aliphatic carbocycles. The Balaban J connectivity index is 2.38. The Morgan fingerprint density at radius 1 is 1.25 bits per heavy atom. The summed E-state index contributed by atoms with van der Waals surface area (Å²) in [5.41, 5.74) is 2.65. The molecule has 0 heterocycles. The van der Waals surface area contributed by atoms with E-state index in [4.69, 9.17) is 4.74 Å². The highest BCUT2D eigenvalue weighted by molar-refractivity contribution is 5.21. The fraction of sp³-hybridized carbons (Fsp3) is 0.571. The van der Waals surface area contributed by atoms with Crippen LogP contribution in [0.2, 0.25) is 0 Å². The summed E-state index contributed by atoms with van der Waals surface area (Å²) < 4.78 is 5.20. The van der Waals surface area contributed by atoms with Crippen molar-refractivity contribution in [2.45, 2.75) is 39.3 Å². The lowest BCUT2D eigenvalue weighted by Gasteiger charge is -2.17. The summed E-state index contributed by atoms with van der Waals surface area (Å²) in [4.78, 5) is 0. The molecule has 0 fully saturated rings. The molecule has 1 atom stereocenters. The van der Waals surface area contributed by atoms with Crippen LogP contribution in [0.3, 0.4) is 0 Å². The second kappa shape index (κ2) is 7.42. The second-order valence-corrected chi connectivity index (χ2v) is 4.31. The first kappa shape index (κ1) is 13.2. The van der Waals surface area contributed by atoms with Crippen molar-refractivity contribution in [2.24, 2.45) is 0 Å². The lowest BCUT2D eigenvalue weighted by molar-refractivity contribution is 0.161. The first-order valence-corrected chi connectivity index (χ1v) is 6.04. The smallest absolute Gasteiger partial charge is 0.0615 e. The predicted molar refractivity (Wildman–Crippen MR) is 68.6 cm³/mol. The highest BCUT2D eigenvalue weighted by atomic mass is 16.5. The Hall–Kier alpha value is -0.860. The minimum atomic E-state index is 0.469. The van der Waals surface area contributed by atoms with Gasteiger partial charge in [0.15, 0.2) is 0 Å². The third-order valence-corrected chi connectivity index (χ3v) is 2.72. The summed E-state index contributed by atoms with van der Waals surface area (Å²) in [7, 11) is 1.76. The number of rotatable bonds is 7. The second-order valence-electron chi connectivity index (χ2n) is 4.31. The van der Waals surface area contributed by atoms with Crippen molar-refractivity contribution in [1.82, 2.24) is 5.32 Å². The zero-order valence-electron chi connectivity index (χ0n) is 10.6. The molecule has 0 radical (unpaired) electrons. The highest BCUT2D eigenvalue weighted by Gasteiger charge is 2.05. The Morgan fingerprint density at radius 3 is 2.50 bits per heavy atom. The van der Waals surface area contributed by atoms with Gasteiger partial charge < -0.3 is 10.1 Å². The van der Waals surface area contributed by atoms with Crippen molar-refractivity contribution < 1.29 is 4.74 Å². The molecular weight excluding hydrogens is 198 g/mol. The Morgan fingerprint density at radius 2 is 1.94 bits per heavy atom. The molecule has 16 heavy (non-hydrogen) atoms. The maximum absolute atomic E-state index is 5.20. The van der Waals surface area contributed by atoms with Gasteiger partial charge in [-0.25, -0.2) is 0 Å². The molecular formula is C14H23NO. The van der Waals surface area contributed by atoms with Crippen LogP contribution in [0.5, 0.6) is 0 Å². The van der Waals surface area contributed by atoms with Gasteiger partial charge in [0.05, 0.1) is 6.61 Å². The van der Waals surface area contributed by atoms with Crippen LogP contribution in [0, 0.1) is 6.92 Å². The standard InChI is InChI=1S/C14H23NO/c1-4-5-14(11-16-3)15-10-13-8-6-12(2)7-9-13/h6-9,14-15H,4-5,10-11H2,1-3H3. The van der Waals surface area contributed by atoms with E-state index in [1.165, 1.54) is 24.0 Å². The molecule has 1 rings (SSSR count). The monoisotopic (exact) mass is 221 g/mol. The van der Waals surface area contributed by atoms with Crippen LogP contribution < -0.4 is 5.32 Å². The van der Waals surface area contributed by atoms with E-state index < -0.39 is 0 Å². The number of benzene rings is 1. The summed E-state index contributed by atoms with van der Waals surface area (Å²) in [6, 6.07) is 9.14. The average Bonchev–Trinajstić information content (AvgIpc) is 2.29. The molecule has 0 aliphatic heterocycles. The number of ether oxygens (including phenoxy) is 1. The molecule has 2 heteroatoms. The van der Waals surface area contributed by atoms with E-state index in [1.54, 1.807) is 7.11 Å². The van der Waals surface area contributed by atoms with Crippen LogP contribution in [0.4, 0.5) is 0 Å². The predicted octanol–water partition coefficient (Wildman–Crippen LogP) is 2.90. The van der Waals surface area contributed by atoms with Crippen LogP contribution in [-0.4, -0.2) is 19.8 Å². The Bertz CT molecular complexity index is 275. The van der Waals surface area contributed by atoms with Crippen molar-refractivity contribution in [2.75, 3.05) is 13.7 Å². The Kier molecular flexibility index (Phi) is 6.12. The minimum Gasteiger partial charge on any atom is -0.383 e. The van der Waals surface area contributed by atoms with Gasteiger partial charge in [0.1, 0.15) is 0 Å². The summed E-state index contributed by atoms with van der Waals surface area (Å²) in [5, 5.41) is 3.53. The lowest BCUT2D eigenvalue weighted by atomic mass is 10.1. The molecule has 0 saturated carbocycles. The van der Waals surface area contributed by atoms with Crippen LogP contribution >= 0.6 is 0 Å². The van der Waals surface area contributed by atoms with Gasteiger partial charge in [-0.3, -0.25) is 0 Å². The van der Waals surface area contributed by atoms with Crippen molar-refractivity contribution in [1.29, 1.82) is 0 Å². The number of aryl methyl sites for hydroxylation is 1. The first-order valence-electron chi connectivity index (χ1n) is 6.04. The zero-order valence-corrected chi connectivity index (χ0v) is 10.6. The van der Waals surface area contributed by atoms with E-state index >= 15 is 0 Å². The number of methoxy groups -OCH3 is 1. The molecule has 1 N–H and O–H groups in total. The van der Waals surface area contributed by atoms with Gasteiger partial charge in [0.2, 0.25) is 0 Å². The van der Waals surface area contributed by atoms with Crippen LogP contribution in [-0.2, 0) is 11.3 Å². The quantitative estimate of drug-likeness (QED) is 0.764. The van der Waals surface area contributed by atoms with Gasteiger partial charge >= 0.3 is 0 Å². The maximum Gasteiger partial charge on any atom is 0.0615 e. The Labute approximate surface area is 99.0 Å². The number of nitrogens with one attached hydrogen (secondary N) is 1. The molecule has 1 aromatic rings. The molecule has 1 unspecified atom stereocenters. The highest BCUT2D eigenvalue weighted by Crippen LogP contribution is 2.04. The molecule has 90 valence electrons. The zero-order chi connectivity index (χ0) is 11.8. The molecule has 0 bridgehead atoms. The average molecular weight is 221 g/mol. The first-order chi connectivity index (χ1) is 7.76. The molecule has 0 spiro atoms. The van der Waals surface area contributed by atoms with Gasteiger partial charge in [-0.2, -0.15) is 0 Å². The van der Waals surface area contributed by atoms with Crippen LogP contribution in [0.15, 0.2) is 24.3 Å². The molecule has 0 amide bonds. The summed E-state index contributed by atoms with van der Waals surface area (Å²) in [6.45, 7) is 6.03. The fourth-order valence-electron chi connectivity index (χ4n) is 1.76. The van der Waals surface area contributed by atoms with Gasteiger partial charge in [-0.15, -0.1) is 0 Å². The van der Waals surface area contributed by atoms with Crippen molar-refractivity contribution >= 4 is 0 Å². The van der Waals surface area contributed by atoms with E-state index in [1.807, 2.05) is 0 Å². The topological polar surface area (TPSA) is 21.3 Å². The maximum atomic E-state index is 5.20. The molecule has 2 nitrogen and oxygen atoms in total. The molecule has 0 saturated heterocycles. The normalized spacial score (nSPS) is 12.7. The van der Waals surface area contributed by atoms with Gasteiger partial charge in [-0.05, 0) is 18.9 Å². The van der Waals surface area contributed by atoms with E-state index in [-0.39, 0.29) is 0 Å². The van der Waals surface area contributed by atoms with Crippen LogP contribution in [0.25, 0.3) is 0 Å². The summed E-state index contributed by atoms with van der Waals surface area (Å²) >= 11 is 0. The van der Waals surface area contributed by atoms with Crippen LogP contribution in [0.1, 0.15) is 30.9 Å². The largest absolute Gasteiger partial charge is 0.383 e. The SMILES string of the molecule is CCCC(COC)NCc1ccc(C)cc1. The molecule has 1 aromatic carbocycles. The van der Waals surface area contributed by atoms with E-state index in [0.717, 1.165) is 13.2 Å². The third kappa shape index (κ3) is 4.77. The molecule has 0 aliphatic rings. The van der Waals surface area contributed by atoms with Gasteiger partial charge in [-0.1, -0.05) is 43.2 Å². The fourth-order valence-corrected chi connectivity index (χ4v) is 1.76. The van der Waals surface area contributed by atoms with E-state index in [2.05, 4.69) is 43.4 Å². The van der Waals surface area contributed by atoms with Crippen molar-refractivity contribution in [3.05, 3.63) is 35.4 Å². The van der Waals surface area contributed by atoms with E-state index in [9.17, 15) is 0 Å². The minimum absolute atomic E-state index is 0.469. The lowest BCUT2D eigenvalue weighted by Crippen LogP contribution is -2.32. The van der Waals surface area contributed by atoms with Crippen molar-refractivity contribution in [3.8, 4) is 0 Å². The van der Waals surface area contributed by atoms with Crippen molar-refractivity contribution in [3.63, 3.8) is 0 Å². The summed E-state index contributed by atoms with van der Waals surface area (Å²) in [5.74, 6) is 0. The van der Waals surface area contributed by atoms with Gasteiger partial charge in [0.25, 0.3) is 0 Å². The van der Waals surface area contributed by atoms with Gasteiger partial charge in [0, 0.05) is 19.7 Å².